The number of nitrogens with zero attached hydrogens (tertiary/aromatic N) is 2. The molecule has 72 valence electrons. The molecule has 1 aromatic carbocycles. The summed E-state index contributed by atoms with van der Waals surface area (Å²) in [5.74, 6) is 0.298. The molecule has 0 saturated carbocycles. The zero-order valence-corrected chi connectivity index (χ0v) is 9.27. The lowest BCUT2D eigenvalue weighted by molar-refractivity contribution is 0.627. The van der Waals surface area contributed by atoms with E-state index in [1.165, 1.54) is 12.1 Å². The molecule has 14 heavy (non-hydrogen) atoms. The van der Waals surface area contributed by atoms with E-state index >= 15 is 0 Å². The van der Waals surface area contributed by atoms with Gasteiger partial charge in [-0.3, -0.25) is 0 Å². The zero-order valence-electron chi connectivity index (χ0n) is 7.11. The van der Waals surface area contributed by atoms with Crippen LogP contribution in [-0.2, 0) is 0 Å². The van der Waals surface area contributed by atoms with E-state index in [0.717, 1.165) is 9.26 Å². The molecule has 5 heteroatoms. The van der Waals surface area contributed by atoms with Crippen LogP contribution in [0.2, 0.25) is 0 Å². The van der Waals surface area contributed by atoms with Crippen molar-refractivity contribution in [2.75, 3.05) is 5.73 Å². The summed E-state index contributed by atoms with van der Waals surface area (Å²) in [4.78, 5) is 0. The highest BCUT2D eigenvalue weighted by Crippen LogP contribution is 2.18. The Hall–Kier alpha value is -1.11. The van der Waals surface area contributed by atoms with Gasteiger partial charge in [0.2, 0.25) is 0 Å². The summed E-state index contributed by atoms with van der Waals surface area (Å²) in [6, 6.07) is 6.02. The largest absolute Gasteiger partial charge is 0.383 e. The first kappa shape index (κ1) is 9.45. The Morgan fingerprint density at radius 3 is 2.43 bits per heavy atom. The van der Waals surface area contributed by atoms with Crippen LogP contribution in [0.15, 0.2) is 30.5 Å². The summed E-state index contributed by atoms with van der Waals surface area (Å²) < 4.78 is 15.1. The van der Waals surface area contributed by atoms with E-state index in [0.29, 0.717) is 5.82 Å². The summed E-state index contributed by atoms with van der Waals surface area (Å²) in [5, 5.41) is 4.08. The third-order valence-corrected chi connectivity index (χ3v) is 2.66. The second-order valence-electron chi connectivity index (χ2n) is 2.77. The molecule has 0 fully saturated rings. The summed E-state index contributed by atoms with van der Waals surface area (Å²) in [5.41, 5.74) is 6.53. The van der Waals surface area contributed by atoms with E-state index in [1.54, 1.807) is 23.0 Å². The van der Waals surface area contributed by atoms with Crippen LogP contribution in [0.4, 0.5) is 10.2 Å². The molecule has 0 aliphatic carbocycles. The van der Waals surface area contributed by atoms with Crippen molar-refractivity contribution >= 4 is 28.4 Å². The minimum Gasteiger partial charge on any atom is -0.383 e. The van der Waals surface area contributed by atoms with Gasteiger partial charge < -0.3 is 5.73 Å². The Kier molecular flexibility index (Phi) is 2.40. The first-order chi connectivity index (χ1) is 6.68. The van der Waals surface area contributed by atoms with Gasteiger partial charge in [0.15, 0.2) is 0 Å². The molecule has 0 radical (unpaired) electrons. The Bertz CT molecular complexity index is 450. The number of halogens is 2. The van der Waals surface area contributed by atoms with Crippen LogP contribution in [0.3, 0.4) is 0 Å². The highest BCUT2D eigenvalue weighted by Gasteiger charge is 2.05. The molecule has 0 saturated heterocycles. The quantitative estimate of drug-likeness (QED) is 0.821. The van der Waals surface area contributed by atoms with Crippen LogP contribution in [0.25, 0.3) is 5.69 Å². The zero-order chi connectivity index (χ0) is 10.1. The molecule has 2 N–H and O–H groups in total. The van der Waals surface area contributed by atoms with Gasteiger partial charge in [0.05, 0.1) is 15.5 Å². The number of rotatable bonds is 1. The standard InChI is InChI=1S/C9H7FIN3/c10-6-1-3-7(4-2-6)14-9(12)8(11)5-13-14/h1-5H,12H2. The predicted molar refractivity (Wildman–Crippen MR) is 60.7 cm³/mol. The minimum atomic E-state index is -0.269. The normalized spacial score (nSPS) is 10.4. The molecule has 0 unspecified atom stereocenters. The monoisotopic (exact) mass is 303 g/mol. The highest BCUT2D eigenvalue weighted by molar-refractivity contribution is 14.1. The third kappa shape index (κ3) is 1.59. The predicted octanol–water partition coefficient (Wildman–Crippen LogP) is 2.20. The summed E-state index contributed by atoms with van der Waals surface area (Å²) in [7, 11) is 0. The second-order valence-corrected chi connectivity index (χ2v) is 3.93. The Labute approximate surface area is 93.9 Å². The first-order valence-corrected chi connectivity index (χ1v) is 5.01. The SMILES string of the molecule is Nc1c(I)cnn1-c1ccc(F)cc1. The van der Waals surface area contributed by atoms with Crippen molar-refractivity contribution in [1.29, 1.82) is 0 Å². The fraction of sp³-hybridized carbons (Fsp3) is 0. The number of aromatic nitrogens is 2. The number of hydrogen-bond donors (Lipinski definition) is 1. The van der Waals surface area contributed by atoms with Gasteiger partial charge in [-0.25, -0.2) is 9.07 Å². The fourth-order valence-corrected chi connectivity index (χ4v) is 1.48. The summed E-state index contributed by atoms with van der Waals surface area (Å²) in [6.45, 7) is 0. The van der Waals surface area contributed by atoms with Crippen LogP contribution >= 0.6 is 22.6 Å². The molecular formula is C9H7FIN3. The molecule has 3 nitrogen and oxygen atoms in total. The lowest BCUT2D eigenvalue weighted by atomic mass is 10.3. The summed E-state index contributed by atoms with van der Waals surface area (Å²) >= 11 is 2.10. The Balaban J connectivity index is 2.49. The van der Waals surface area contributed by atoms with Crippen LogP contribution in [0.1, 0.15) is 0 Å². The highest BCUT2D eigenvalue weighted by atomic mass is 127. The average Bonchev–Trinajstić information content (AvgIpc) is 2.50. The van der Waals surface area contributed by atoms with Crippen LogP contribution < -0.4 is 5.73 Å². The lowest BCUT2D eigenvalue weighted by Gasteiger charge is -2.03. The van der Waals surface area contributed by atoms with Gasteiger partial charge in [0.25, 0.3) is 0 Å². The average molecular weight is 303 g/mol. The van der Waals surface area contributed by atoms with Crippen molar-refractivity contribution in [3.63, 3.8) is 0 Å². The lowest BCUT2D eigenvalue weighted by Crippen LogP contribution is -2.02. The molecule has 1 heterocycles. The second kappa shape index (κ2) is 3.56. The van der Waals surface area contributed by atoms with Crippen molar-refractivity contribution in [3.8, 4) is 5.69 Å². The van der Waals surface area contributed by atoms with Gasteiger partial charge in [-0.1, -0.05) is 0 Å². The van der Waals surface area contributed by atoms with E-state index in [4.69, 9.17) is 5.73 Å². The molecule has 2 rings (SSSR count). The van der Waals surface area contributed by atoms with Crippen molar-refractivity contribution < 1.29 is 4.39 Å². The van der Waals surface area contributed by atoms with Crippen molar-refractivity contribution in [3.05, 3.63) is 39.8 Å². The smallest absolute Gasteiger partial charge is 0.140 e. The molecule has 0 bridgehead atoms. The molecular weight excluding hydrogens is 296 g/mol. The number of anilines is 1. The number of nitrogen functional groups attached to an aromatic ring is 1. The van der Waals surface area contributed by atoms with Crippen LogP contribution in [-0.4, -0.2) is 9.78 Å². The molecule has 1 aromatic heterocycles. The van der Waals surface area contributed by atoms with Crippen LogP contribution in [0.5, 0.6) is 0 Å². The maximum Gasteiger partial charge on any atom is 0.140 e. The van der Waals surface area contributed by atoms with Gasteiger partial charge in [-0.15, -0.1) is 0 Å². The van der Waals surface area contributed by atoms with Crippen molar-refractivity contribution in [2.45, 2.75) is 0 Å². The molecule has 0 atom stereocenters. The van der Waals surface area contributed by atoms with Crippen LogP contribution in [0, 0.1) is 9.39 Å². The van der Waals surface area contributed by atoms with Gasteiger partial charge in [0, 0.05) is 0 Å². The van der Waals surface area contributed by atoms with Crippen molar-refractivity contribution in [1.82, 2.24) is 9.78 Å². The maximum absolute atomic E-state index is 12.6. The Morgan fingerprint density at radius 1 is 1.29 bits per heavy atom. The molecule has 0 aliphatic rings. The number of nitrogens with two attached hydrogens (primary N) is 1. The molecule has 0 amide bonds. The van der Waals surface area contributed by atoms with E-state index in [2.05, 4.69) is 27.7 Å². The fourth-order valence-electron chi connectivity index (χ4n) is 1.13. The van der Waals surface area contributed by atoms with Gasteiger partial charge in [0.1, 0.15) is 11.6 Å². The third-order valence-electron chi connectivity index (χ3n) is 1.83. The number of benzene rings is 1. The number of hydrogen-bond acceptors (Lipinski definition) is 2. The van der Waals surface area contributed by atoms with E-state index in [9.17, 15) is 4.39 Å². The minimum absolute atomic E-state index is 0.269. The molecule has 0 spiro atoms. The van der Waals surface area contributed by atoms with Crippen molar-refractivity contribution in [2.24, 2.45) is 0 Å². The van der Waals surface area contributed by atoms with Gasteiger partial charge >= 0.3 is 0 Å². The van der Waals surface area contributed by atoms with Gasteiger partial charge in [-0.05, 0) is 46.9 Å². The van der Waals surface area contributed by atoms with E-state index in [-0.39, 0.29) is 5.82 Å². The summed E-state index contributed by atoms with van der Waals surface area (Å²) in [6.07, 6.45) is 1.67. The molecule has 0 aliphatic heterocycles. The Morgan fingerprint density at radius 2 is 1.93 bits per heavy atom. The van der Waals surface area contributed by atoms with Gasteiger partial charge in [-0.2, -0.15) is 5.10 Å². The van der Waals surface area contributed by atoms with E-state index < -0.39 is 0 Å². The van der Waals surface area contributed by atoms with E-state index in [1.807, 2.05) is 0 Å². The maximum atomic E-state index is 12.6. The molecule has 2 aromatic rings. The topological polar surface area (TPSA) is 43.8 Å². The first-order valence-electron chi connectivity index (χ1n) is 3.93.